The summed E-state index contributed by atoms with van der Waals surface area (Å²) in [5, 5.41) is 13.1. The maximum Gasteiger partial charge on any atom is 0.180 e. The second kappa shape index (κ2) is 11.2. The molecule has 0 aliphatic rings. The Hall–Kier alpha value is -4.58. The molecule has 0 saturated carbocycles. The fourth-order valence-electron chi connectivity index (χ4n) is 3.42. The molecule has 0 aliphatic carbocycles. The molecule has 186 valence electrons. The van der Waals surface area contributed by atoms with Gasteiger partial charge in [0.1, 0.15) is 35.0 Å². The first kappa shape index (κ1) is 24.5. The lowest BCUT2D eigenvalue weighted by Gasteiger charge is -2.24. The number of aromatic nitrogens is 5. The predicted molar refractivity (Wildman–Crippen MR) is 138 cm³/mol. The van der Waals surface area contributed by atoms with Gasteiger partial charge in [-0.1, -0.05) is 0 Å². The van der Waals surface area contributed by atoms with Crippen molar-refractivity contribution in [3.05, 3.63) is 48.9 Å². The summed E-state index contributed by atoms with van der Waals surface area (Å²) in [4.78, 5) is 24.0. The molecule has 4 rings (SSSR count). The van der Waals surface area contributed by atoms with E-state index in [1.807, 2.05) is 42.4 Å². The molecule has 4 aromatic rings. The monoisotopic (exact) mass is 489 g/mol. The second-order valence-corrected chi connectivity index (χ2v) is 7.69. The number of nitrogens with zero attached hydrogens (tertiary/aromatic N) is 8. The van der Waals surface area contributed by atoms with Crippen molar-refractivity contribution in [1.29, 1.82) is 0 Å². The Labute approximate surface area is 207 Å². The number of amidine groups is 1. The lowest BCUT2D eigenvalue weighted by atomic mass is 10.2. The van der Waals surface area contributed by atoms with Crippen LogP contribution in [0.15, 0.2) is 58.9 Å². The Balaban J connectivity index is 1.78. The lowest BCUT2D eigenvalue weighted by Crippen LogP contribution is -2.31. The highest BCUT2D eigenvalue weighted by Crippen LogP contribution is 2.32. The van der Waals surface area contributed by atoms with Gasteiger partial charge < -0.3 is 25.2 Å². The van der Waals surface area contributed by atoms with Gasteiger partial charge in [-0.15, -0.1) is 0 Å². The Kier molecular flexibility index (Phi) is 7.66. The Morgan fingerprint density at radius 1 is 1.14 bits per heavy atom. The van der Waals surface area contributed by atoms with E-state index in [1.54, 1.807) is 37.4 Å². The standard InChI is InChI=1S/C24H27N9O3/c1-32-13-16(11-29-32)21-12-27-20-4-5-23(31-24(20)30-21)33(14-22(25)28-15-26-6-7-34)17-8-18(35-2)10-19(9-17)36-3/h4-5,8-13,15,34H,6-7,14H2,1-3H3,(H2,25,26,28). The summed E-state index contributed by atoms with van der Waals surface area (Å²) in [5.41, 5.74) is 9.55. The highest BCUT2D eigenvalue weighted by Gasteiger charge is 2.17. The van der Waals surface area contributed by atoms with Gasteiger partial charge >= 0.3 is 0 Å². The molecule has 0 unspecified atom stereocenters. The minimum absolute atomic E-state index is 0.0648. The molecule has 3 N–H and O–H groups in total. The molecule has 0 bridgehead atoms. The normalized spacial score (nSPS) is 11.8. The van der Waals surface area contributed by atoms with Crippen LogP contribution in [-0.2, 0) is 7.05 Å². The first-order chi connectivity index (χ1) is 17.5. The quantitative estimate of drug-likeness (QED) is 0.252. The Bertz CT molecular complexity index is 1380. The number of nitrogens with two attached hydrogens (primary N) is 1. The van der Waals surface area contributed by atoms with Crippen molar-refractivity contribution in [3.63, 3.8) is 0 Å². The van der Waals surface area contributed by atoms with E-state index in [0.717, 1.165) is 11.3 Å². The summed E-state index contributed by atoms with van der Waals surface area (Å²) in [6, 6.07) is 9.15. The average Bonchev–Trinajstić information content (AvgIpc) is 3.35. The third kappa shape index (κ3) is 5.73. The van der Waals surface area contributed by atoms with Gasteiger partial charge in [-0.3, -0.25) is 14.7 Å². The second-order valence-electron chi connectivity index (χ2n) is 7.69. The molecular formula is C24H27N9O3. The van der Waals surface area contributed by atoms with E-state index in [2.05, 4.69) is 20.1 Å². The molecule has 36 heavy (non-hydrogen) atoms. The van der Waals surface area contributed by atoms with E-state index in [9.17, 15) is 0 Å². The van der Waals surface area contributed by atoms with Crippen molar-refractivity contribution in [2.75, 3.05) is 38.8 Å². The Morgan fingerprint density at radius 3 is 2.58 bits per heavy atom. The van der Waals surface area contributed by atoms with Crippen molar-refractivity contribution >= 4 is 34.8 Å². The van der Waals surface area contributed by atoms with E-state index >= 15 is 0 Å². The molecular weight excluding hydrogens is 462 g/mol. The minimum atomic E-state index is -0.0648. The van der Waals surface area contributed by atoms with Gasteiger partial charge in [-0.05, 0) is 12.1 Å². The van der Waals surface area contributed by atoms with Crippen LogP contribution in [-0.4, -0.2) is 75.9 Å². The van der Waals surface area contributed by atoms with Crippen molar-refractivity contribution in [2.45, 2.75) is 0 Å². The lowest BCUT2D eigenvalue weighted by molar-refractivity contribution is 0.307. The van der Waals surface area contributed by atoms with Gasteiger partial charge in [0.2, 0.25) is 0 Å². The van der Waals surface area contributed by atoms with Crippen LogP contribution in [0.3, 0.4) is 0 Å². The molecule has 3 heterocycles. The van der Waals surface area contributed by atoms with Crippen LogP contribution in [0.25, 0.3) is 22.4 Å². The number of pyridine rings is 1. The number of hydrogen-bond donors (Lipinski definition) is 2. The number of aryl methyl sites for hydroxylation is 1. The summed E-state index contributed by atoms with van der Waals surface area (Å²) >= 11 is 0. The van der Waals surface area contributed by atoms with Crippen LogP contribution in [0.1, 0.15) is 0 Å². The van der Waals surface area contributed by atoms with Crippen molar-refractivity contribution in [2.24, 2.45) is 22.8 Å². The third-order valence-electron chi connectivity index (χ3n) is 5.17. The van der Waals surface area contributed by atoms with Crippen molar-refractivity contribution in [3.8, 4) is 22.8 Å². The zero-order valence-electron chi connectivity index (χ0n) is 20.2. The summed E-state index contributed by atoms with van der Waals surface area (Å²) in [7, 11) is 5.01. The van der Waals surface area contributed by atoms with E-state index in [4.69, 9.17) is 30.3 Å². The Morgan fingerprint density at radius 2 is 1.92 bits per heavy atom. The number of benzene rings is 1. The van der Waals surface area contributed by atoms with Gasteiger partial charge in [-0.25, -0.2) is 15.0 Å². The van der Waals surface area contributed by atoms with Crippen LogP contribution in [0.5, 0.6) is 11.5 Å². The summed E-state index contributed by atoms with van der Waals surface area (Å²) in [6.07, 6.45) is 6.62. The number of aliphatic imine (C=N–C) groups is 2. The summed E-state index contributed by atoms with van der Waals surface area (Å²) in [5.74, 6) is 2.07. The van der Waals surface area contributed by atoms with E-state index < -0.39 is 0 Å². The molecule has 0 radical (unpaired) electrons. The number of ether oxygens (including phenoxy) is 2. The fraction of sp³-hybridized carbons (Fsp3) is 0.250. The summed E-state index contributed by atoms with van der Waals surface area (Å²) < 4.78 is 12.6. The first-order valence-electron chi connectivity index (χ1n) is 11.1. The number of hydrogen-bond acceptors (Lipinski definition) is 9. The average molecular weight is 490 g/mol. The van der Waals surface area contributed by atoms with Crippen LogP contribution >= 0.6 is 0 Å². The number of anilines is 2. The number of methoxy groups -OCH3 is 2. The van der Waals surface area contributed by atoms with Crippen LogP contribution < -0.4 is 20.1 Å². The van der Waals surface area contributed by atoms with Crippen LogP contribution in [0.2, 0.25) is 0 Å². The summed E-state index contributed by atoms with van der Waals surface area (Å²) in [6.45, 7) is 0.373. The maximum absolute atomic E-state index is 8.90. The van der Waals surface area contributed by atoms with Gasteiger partial charge in [-0.2, -0.15) is 5.10 Å². The SMILES string of the molecule is COc1cc(OC)cc(N(CC(N)=NC=NCCO)c2ccc3ncc(-c4cnn(C)c4)nc3n2)c1. The molecule has 1 aromatic carbocycles. The molecule has 12 heteroatoms. The highest BCUT2D eigenvalue weighted by molar-refractivity contribution is 5.92. The molecule has 0 amide bonds. The largest absolute Gasteiger partial charge is 0.497 e. The number of aliphatic hydroxyl groups excluding tert-OH is 1. The number of rotatable bonds is 10. The molecule has 0 aliphatic heterocycles. The number of fused-ring (bicyclic) bond motifs is 1. The molecule has 3 aromatic heterocycles. The molecule has 0 spiro atoms. The van der Waals surface area contributed by atoms with E-state index in [1.165, 1.54) is 6.34 Å². The van der Waals surface area contributed by atoms with Gasteiger partial charge in [0.15, 0.2) is 5.65 Å². The maximum atomic E-state index is 8.90. The first-order valence-corrected chi connectivity index (χ1v) is 11.1. The topological polar surface area (TPSA) is 149 Å². The fourth-order valence-corrected chi connectivity index (χ4v) is 3.42. The predicted octanol–water partition coefficient (Wildman–Crippen LogP) is 1.96. The zero-order chi connectivity index (χ0) is 25.5. The smallest absolute Gasteiger partial charge is 0.180 e. The van der Waals surface area contributed by atoms with E-state index in [0.29, 0.717) is 34.2 Å². The van der Waals surface area contributed by atoms with Gasteiger partial charge in [0.05, 0.1) is 57.7 Å². The highest BCUT2D eigenvalue weighted by atomic mass is 16.5. The van der Waals surface area contributed by atoms with Crippen LogP contribution in [0.4, 0.5) is 11.5 Å². The van der Waals surface area contributed by atoms with Crippen LogP contribution in [0, 0.1) is 0 Å². The van der Waals surface area contributed by atoms with Gasteiger partial charge in [0.25, 0.3) is 0 Å². The third-order valence-corrected chi connectivity index (χ3v) is 5.17. The molecule has 0 saturated heterocycles. The number of aliphatic hydroxyl groups is 1. The molecule has 0 atom stereocenters. The minimum Gasteiger partial charge on any atom is -0.497 e. The zero-order valence-corrected chi connectivity index (χ0v) is 20.2. The molecule has 12 nitrogen and oxygen atoms in total. The van der Waals surface area contributed by atoms with Crippen molar-refractivity contribution < 1.29 is 14.6 Å². The molecule has 0 fully saturated rings. The van der Waals surface area contributed by atoms with E-state index in [-0.39, 0.29) is 25.5 Å². The van der Waals surface area contributed by atoms with Gasteiger partial charge in [0, 0.05) is 37.0 Å². The van der Waals surface area contributed by atoms with Crippen molar-refractivity contribution in [1.82, 2.24) is 24.7 Å².